The average molecular weight is 532 g/mol. The van der Waals surface area contributed by atoms with E-state index in [-0.39, 0.29) is 12.1 Å². The Balaban J connectivity index is 1.81. The van der Waals surface area contributed by atoms with Crippen LogP contribution in [0.25, 0.3) is 11.0 Å². The van der Waals surface area contributed by atoms with E-state index in [9.17, 15) is 18.8 Å². The summed E-state index contributed by atoms with van der Waals surface area (Å²) in [6.07, 6.45) is 0.735. The van der Waals surface area contributed by atoms with E-state index in [1.54, 1.807) is 30.3 Å². The fourth-order valence-corrected chi connectivity index (χ4v) is 4.22. The fraction of sp³-hybridized carbons (Fsp3) is 0.276. The molecule has 0 aliphatic heterocycles. The zero-order valence-electron chi connectivity index (χ0n) is 22.0. The van der Waals surface area contributed by atoms with Gasteiger partial charge in [-0.1, -0.05) is 49.4 Å². The zero-order valence-corrected chi connectivity index (χ0v) is 22.0. The van der Waals surface area contributed by atoms with Crippen molar-refractivity contribution in [1.82, 2.24) is 20.3 Å². The number of rotatable bonds is 10. The number of methoxy groups -OCH3 is 1. The Kier molecular flexibility index (Phi) is 8.65. The van der Waals surface area contributed by atoms with E-state index in [0.717, 1.165) is 6.42 Å². The predicted octanol–water partition coefficient (Wildman–Crippen LogP) is 4.29. The van der Waals surface area contributed by atoms with Gasteiger partial charge in [0.15, 0.2) is 0 Å². The van der Waals surface area contributed by atoms with Crippen molar-refractivity contribution >= 4 is 34.5 Å². The number of hydrogen-bond acceptors (Lipinski definition) is 6. The topological polar surface area (TPSA) is 106 Å². The van der Waals surface area contributed by atoms with Gasteiger partial charge < -0.3 is 10.1 Å². The second-order valence-corrected chi connectivity index (χ2v) is 9.47. The summed E-state index contributed by atoms with van der Waals surface area (Å²) in [6, 6.07) is 17.7. The second kappa shape index (κ2) is 12.3. The van der Waals surface area contributed by atoms with Crippen molar-refractivity contribution in [1.29, 1.82) is 0 Å². The number of ether oxygens (including phenoxy) is 1. The van der Waals surface area contributed by atoms with Gasteiger partial charge in [-0.3, -0.25) is 14.5 Å². The van der Waals surface area contributed by atoms with Crippen molar-refractivity contribution in [3.63, 3.8) is 0 Å². The molecule has 3 aromatic carbocycles. The van der Waals surface area contributed by atoms with Gasteiger partial charge in [-0.05, 0) is 60.4 Å². The summed E-state index contributed by atoms with van der Waals surface area (Å²) in [5, 5.41) is 11.2. The molecule has 1 N–H and O–H groups in total. The molecule has 0 saturated carbocycles. The molecule has 1 atom stereocenters. The third-order valence-corrected chi connectivity index (χ3v) is 6.23. The molecule has 202 valence electrons. The minimum absolute atomic E-state index is 0.206. The van der Waals surface area contributed by atoms with Crippen LogP contribution in [0.15, 0.2) is 72.8 Å². The number of esters is 1. The number of carbonyl (C=O) groups is 3. The van der Waals surface area contributed by atoms with Crippen LogP contribution < -0.4 is 10.2 Å². The molecule has 39 heavy (non-hydrogen) atoms. The monoisotopic (exact) mass is 531 g/mol. The maximum absolute atomic E-state index is 14.0. The minimum Gasteiger partial charge on any atom is -0.465 e. The Morgan fingerprint density at radius 3 is 2.49 bits per heavy atom. The third-order valence-electron chi connectivity index (χ3n) is 6.23. The third kappa shape index (κ3) is 6.46. The lowest BCUT2D eigenvalue weighted by atomic mass is 10.0. The first-order valence-corrected chi connectivity index (χ1v) is 12.6. The smallest absolute Gasteiger partial charge is 0.337 e. The number of nitrogens with one attached hydrogen (secondary N) is 1. The summed E-state index contributed by atoms with van der Waals surface area (Å²) in [5.41, 5.74) is 2.16. The first-order chi connectivity index (χ1) is 18.8. The van der Waals surface area contributed by atoms with Gasteiger partial charge in [0, 0.05) is 12.2 Å². The summed E-state index contributed by atoms with van der Waals surface area (Å²) in [5.74, 6) is -1.64. The molecule has 0 aliphatic carbocycles. The molecule has 2 amide bonds. The molecule has 1 heterocycles. The van der Waals surface area contributed by atoms with E-state index in [1.165, 1.54) is 47.0 Å². The molecule has 4 rings (SSSR count). The lowest BCUT2D eigenvalue weighted by molar-refractivity contribution is -0.127. The highest BCUT2D eigenvalue weighted by atomic mass is 19.1. The summed E-state index contributed by atoms with van der Waals surface area (Å²) in [6.45, 7) is 4.24. The van der Waals surface area contributed by atoms with Crippen LogP contribution in [0.4, 0.5) is 10.1 Å². The van der Waals surface area contributed by atoms with Crippen molar-refractivity contribution in [3.05, 3.63) is 89.7 Å². The number of benzene rings is 3. The van der Waals surface area contributed by atoms with Gasteiger partial charge >= 0.3 is 5.97 Å². The van der Waals surface area contributed by atoms with Crippen LogP contribution in [0.5, 0.6) is 0 Å². The van der Waals surface area contributed by atoms with Crippen molar-refractivity contribution in [2.24, 2.45) is 5.92 Å². The van der Waals surface area contributed by atoms with Crippen LogP contribution in [0.1, 0.15) is 42.2 Å². The minimum atomic E-state index is -1.16. The Morgan fingerprint density at radius 2 is 1.77 bits per heavy atom. The summed E-state index contributed by atoms with van der Waals surface area (Å²) in [4.78, 5) is 41.3. The normalized spacial score (nSPS) is 11.8. The highest BCUT2D eigenvalue weighted by molar-refractivity contribution is 6.02. The molecule has 4 aromatic rings. The number of aromatic nitrogens is 3. The van der Waals surface area contributed by atoms with Gasteiger partial charge in [0.05, 0.1) is 18.2 Å². The van der Waals surface area contributed by atoms with Crippen LogP contribution >= 0.6 is 0 Å². The Labute approximate surface area is 225 Å². The number of carbonyl (C=O) groups excluding carboxylic acids is 3. The molecule has 9 nitrogen and oxygen atoms in total. The van der Waals surface area contributed by atoms with Gasteiger partial charge in [-0.15, -0.1) is 5.10 Å². The molecular weight excluding hydrogens is 501 g/mol. The van der Waals surface area contributed by atoms with Crippen molar-refractivity contribution in [2.45, 2.75) is 32.9 Å². The first-order valence-electron chi connectivity index (χ1n) is 12.6. The summed E-state index contributed by atoms with van der Waals surface area (Å²) in [7, 11) is 1.26. The molecule has 0 fully saturated rings. The van der Waals surface area contributed by atoms with E-state index >= 15 is 0 Å². The van der Waals surface area contributed by atoms with E-state index in [0.29, 0.717) is 34.7 Å². The van der Waals surface area contributed by atoms with Gasteiger partial charge in [-0.2, -0.15) is 0 Å². The molecule has 0 saturated heterocycles. The van der Waals surface area contributed by atoms with Gasteiger partial charge in [0.1, 0.15) is 23.9 Å². The molecule has 0 radical (unpaired) electrons. The summed E-state index contributed by atoms with van der Waals surface area (Å²) < 4.78 is 20.2. The standard InChI is InChI=1S/C29H30FN5O4/c1-19(2)15-16-31-28(37)27(20-11-13-22(30)14-12-20)35(23-8-6-7-21(17-23)29(38)39-3)26(36)18-34-25-10-5-4-9-24(25)32-33-34/h4-14,17,19,27H,15-16,18H2,1-3H3,(H,31,37)/t27-/m1/s1. The van der Waals surface area contributed by atoms with Crippen LogP contribution in [0.3, 0.4) is 0 Å². The molecule has 0 bridgehead atoms. The molecule has 0 aliphatic rings. The van der Waals surface area contributed by atoms with Crippen molar-refractivity contribution < 1.29 is 23.5 Å². The van der Waals surface area contributed by atoms with Crippen LogP contribution in [0.2, 0.25) is 0 Å². The summed E-state index contributed by atoms with van der Waals surface area (Å²) >= 11 is 0. The number of halogens is 1. The van der Waals surface area contributed by atoms with Crippen molar-refractivity contribution in [3.8, 4) is 0 Å². The number of fused-ring (bicyclic) bond motifs is 1. The van der Waals surface area contributed by atoms with Crippen LogP contribution in [-0.4, -0.2) is 46.4 Å². The molecule has 1 aromatic heterocycles. The van der Waals surface area contributed by atoms with E-state index in [1.807, 2.05) is 26.0 Å². The maximum Gasteiger partial charge on any atom is 0.337 e. The highest BCUT2D eigenvalue weighted by Crippen LogP contribution is 2.30. The SMILES string of the molecule is COC(=O)c1cccc(N(C(=O)Cn2nnc3ccccc32)[C@@H](C(=O)NCCC(C)C)c2ccc(F)cc2)c1. The number of nitrogens with zero attached hydrogens (tertiary/aromatic N) is 4. The molecular formula is C29H30FN5O4. The number of anilines is 1. The average Bonchev–Trinajstić information content (AvgIpc) is 3.34. The molecule has 0 unspecified atom stereocenters. The lowest BCUT2D eigenvalue weighted by Crippen LogP contribution is -2.45. The Morgan fingerprint density at radius 1 is 1.03 bits per heavy atom. The van der Waals surface area contributed by atoms with Crippen molar-refractivity contribution in [2.75, 3.05) is 18.6 Å². The highest BCUT2D eigenvalue weighted by Gasteiger charge is 2.33. The van der Waals surface area contributed by atoms with E-state index in [4.69, 9.17) is 4.74 Å². The number of para-hydroxylation sites is 1. The Hall–Kier alpha value is -4.60. The lowest BCUT2D eigenvalue weighted by Gasteiger charge is -2.32. The van der Waals surface area contributed by atoms with Gasteiger partial charge in [-0.25, -0.2) is 13.9 Å². The second-order valence-electron chi connectivity index (χ2n) is 9.47. The van der Waals surface area contributed by atoms with E-state index in [2.05, 4.69) is 15.6 Å². The zero-order chi connectivity index (χ0) is 27.9. The van der Waals surface area contributed by atoms with Gasteiger partial charge in [0.2, 0.25) is 11.8 Å². The molecule has 0 spiro atoms. The quantitative estimate of drug-likeness (QED) is 0.306. The Bertz CT molecular complexity index is 1470. The van der Waals surface area contributed by atoms with Crippen LogP contribution in [0, 0.1) is 11.7 Å². The molecule has 10 heteroatoms. The van der Waals surface area contributed by atoms with Crippen LogP contribution in [-0.2, 0) is 20.9 Å². The predicted molar refractivity (Wildman–Crippen MR) is 144 cm³/mol. The largest absolute Gasteiger partial charge is 0.465 e. The maximum atomic E-state index is 14.0. The van der Waals surface area contributed by atoms with Gasteiger partial charge in [0.25, 0.3) is 0 Å². The first kappa shape index (κ1) is 27.4. The number of amides is 2. The van der Waals surface area contributed by atoms with E-state index < -0.39 is 29.6 Å². The number of hydrogen-bond donors (Lipinski definition) is 1. The fourth-order valence-electron chi connectivity index (χ4n) is 4.22.